The Morgan fingerprint density at radius 2 is 2.16 bits per heavy atom. The van der Waals surface area contributed by atoms with Gasteiger partial charge in [-0.1, -0.05) is 12.1 Å². The Morgan fingerprint density at radius 1 is 1.47 bits per heavy atom. The molecule has 1 aliphatic heterocycles. The zero-order valence-corrected chi connectivity index (χ0v) is 10.1. The summed E-state index contributed by atoms with van der Waals surface area (Å²) in [6, 6.07) is 5.50. The molecule has 1 aliphatic rings. The van der Waals surface area contributed by atoms with Crippen LogP contribution in [0.5, 0.6) is 0 Å². The third kappa shape index (κ3) is 2.71. The molecule has 1 fully saturated rings. The van der Waals surface area contributed by atoms with E-state index in [0.717, 1.165) is 6.07 Å². The van der Waals surface area contributed by atoms with Gasteiger partial charge in [0.15, 0.2) is 11.6 Å². The van der Waals surface area contributed by atoms with Crippen LogP contribution in [0.4, 0.5) is 8.78 Å². The molecule has 0 unspecified atom stereocenters. The normalized spacial score (nSPS) is 16.6. The fraction of sp³-hybridized carbons (Fsp3) is 0.385. The van der Waals surface area contributed by atoms with Gasteiger partial charge in [0.25, 0.3) is 0 Å². The maximum atomic E-state index is 13.4. The molecule has 100 valence electrons. The van der Waals surface area contributed by atoms with Crippen molar-refractivity contribution in [3.8, 4) is 6.07 Å². The van der Waals surface area contributed by atoms with Crippen molar-refractivity contribution in [2.45, 2.75) is 18.4 Å². The summed E-state index contributed by atoms with van der Waals surface area (Å²) in [6.45, 7) is 0.104. The number of halogens is 2. The third-order valence-electron chi connectivity index (χ3n) is 3.10. The highest BCUT2D eigenvalue weighted by atomic mass is 19.2. The second-order valence-corrected chi connectivity index (χ2v) is 4.70. The summed E-state index contributed by atoms with van der Waals surface area (Å²) in [5, 5.41) is 18.2. The Labute approximate surface area is 108 Å². The number of hydrogen-bond acceptors (Lipinski definition) is 3. The molecular weight excluding hydrogens is 254 g/mol. The SMILES string of the molecule is N#CCC1(O)CN(C(=O)Cc2cccc(F)c2F)C1. The smallest absolute Gasteiger partial charge is 0.227 e. The number of amides is 1. The molecule has 4 nitrogen and oxygen atoms in total. The van der Waals surface area contributed by atoms with Gasteiger partial charge < -0.3 is 10.0 Å². The van der Waals surface area contributed by atoms with Gasteiger partial charge in [0.2, 0.25) is 5.91 Å². The number of likely N-dealkylation sites (tertiary alicyclic amines) is 1. The van der Waals surface area contributed by atoms with Gasteiger partial charge in [-0.05, 0) is 6.07 Å². The van der Waals surface area contributed by atoms with E-state index in [1.807, 2.05) is 6.07 Å². The van der Waals surface area contributed by atoms with Gasteiger partial charge in [-0.25, -0.2) is 8.78 Å². The molecule has 0 radical (unpaired) electrons. The lowest BCUT2D eigenvalue weighted by molar-refractivity contribution is -0.153. The molecule has 1 saturated heterocycles. The molecule has 6 heteroatoms. The van der Waals surface area contributed by atoms with Gasteiger partial charge in [-0.2, -0.15) is 5.26 Å². The number of carbonyl (C=O) groups is 1. The van der Waals surface area contributed by atoms with Crippen molar-refractivity contribution in [3.05, 3.63) is 35.4 Å². The van der Waals surface area contributed by atoms with Crippen LogP contribution in [0, 0.1) is 23.0 Å². The zero-order valence-electron chi connectivity index (χ0n) is 10.1. The minimum absolute atomic E-state index is 0.0132. The monoisotopic (exact) mass is 266 g/mol. The largest absolute Gasteiger partial charge is 0.385 e. The van der Waals surface area contributed by atoms with Crippen LogP contribution in [0.15, 0.2) is 18.2 Å². The predicted molar refractivity (Wildman–Crippen MR) is 61.8 cm³/mol. The van der Waals surface area contributed by atoms with Crippen molar-refractivity contribution >= 4 is 5.91 Å². The molecule has 0 bridgehead atoms. The van der Waals surface area contributed by atoms with Crippen molar-refractivity contribution in [1.82, 2.24) is 4.90 Å². The van der Waals surface area contributed by atoms with E-state index in [9.17, 15) is 18.7 Å². The topological polar surface area (TPSA) is 64.3 Å². The van der Waals surface area contributed by atoms with Gasteiger partial charge in [0.1, 0.15) is 5.60 Å². The summed E-state index contributed by atoms with van der Waals surface area (Å²) in [5.41, 5.74) is -1.18. The average molecular weight is 266 g/mol. The van der Waals surface area contributed by atoms with E-state index in [-0.39, 0.29) is 31.5 Å². The molecule has 1 amide bonds. The highest BCUT2D eigenvalue weighted by Gasteiger charge is 2.43. The summed E-state index contributed by atoms with van der Waals surface area (Å²) in [7, 11) is 0. The van der Waals surface area contributed by atoms with E-state index in [1.165, 1.54) is 17.0 Å². The Bertz CT molecular complexity index is 548. The molecule has 0 aliphatic carbocycles. The van der Waals surface area contributed by atoms with Crippen molar-refractivity contribution in [1.29, 1.82) is 5.26 Å². The van der Waals surface area contributed by atoms with Crippen molar-refractivity contribution in [2.24, 2.45) is 0 Å². The first kappa shape index (κ1) is 13.4. The molecule has 1 aromatic carbocycles. The maximum absolute atomic E-state index is 13.4. The lowest BCUT2D eigenvalue weighted by atomic mass is 9.90. The van der Waals surface area contributed by atoms with E-state index in [2.05, 4.69) is 0 Å². The maximum Gasteiger partial charge on any atom is 0.227 e. The lowest BCUT2D eigenvalue weighted by Crippen LogP contribution is -2.63. The van der Waals surface area contributed by atoms with Crippen LogP contribution in [0.3, 0.4) is 0 Å². The Kier molecular flexibility index (Phi) is 3.49. The predicted octanol–water partition coefficient (Wildman–Crippen LogP) is 0.994. The molecule has 0 spiro atoms. The highest BCUT2D eigenvalue weighted by Crippen LogP contribution is 2.25. The van der Waals surface area contributed by atoms with E-state index in [4.69, 9.17) is 5.26 Å². The fourth-order valence-corrected chi connectivity index (χ4v) is 2.06. The quantitative estimate of drug-likeness (QED) is 0.887. The molecular formula is C13H12F2N2O2. The summed E-state index contributed by atoms with van der Waals surface area (Å²) >= 11 is 0. The number of benzene rings is 1. The van der Waals surface area contributed by atoms with Crippen LogP contribution in [0.1, 0.15) is 12.0 Å². The molecule has 0 saturated carbocycles. The first-order chi connectivity index (χ1) is 8.95. The lowest BCUT2D eigenvalue weighted by Gasteiger charge is -2.45. The Balaban J connectivity index is 1.97. The minimum atomic E-state index is -1.16. The molecule has 1 N–H and O–H groups in total. The standard InChI is InChI=1S/C13H12F2N2O2/c14-10-3-1-2-9(12(10)15)6-11(18)17-7-13(19,8-17)4-5-16/h1-3,19H,4,6-8H2. The number of aliphatic hydroxyl groups is 1. The Morgan fingerprint density at radius 3 is 2.79 bits per heavy atom. The van der Waals surface area contributed by atoms with Gasteiger partial charge in [-0.15, -0.1) is 0 Å². The van der Waals surface area contributed by atoms with Gasteiger partial charge >= 0.3 is 0 Å². The minimum Gasteiger partial charge on any atom is -0.385 e. The van der Waals surface area contributed by atoms with E-state index >= 15 is 0 Å². The second kappa shape index (κ2) is 4.94. The summed E-state index contributed by atoms with van der Waals surface area (Å²) in [6.07, 6.45) is -0.308. The number of nitriles is 1. The first-order valence-electron chi connectivity index (χ1n) is 5.75. The number of nitrogens with zero attached hydrogens (tertiary/aromatic N) is 2. The van der Waals surface area contributed by atoms with Crippen LogP contribution in [-0.4, -0.2) is 34.6 Å². The Hall–Kier alpha value is -2.00. The van der Waals surface area contributed by atoms with Gasteiger partial charge in [-0.3, -0.25) is 4.79 Å². The van der Waals surface area contributed by atoms with Crippen molar-refractivity contribution < 1.29 is 18.7 Å². The van der Waals surface area contributed by atoms with Crippen molar-refractivity contribution in [3.63, 3.8) is 0 Å². The van der Waals surface area contributed by atoms with Crippen molar-refractivity contribution in [2.75, 3.05) is 13.1 Å². The summed E-state index contributed by atoms with van der Waals surface area (Å²) < 4.78 is 26.4. The molecule has 19 heavy (non-hydrogen) atoms. The number of hydrogen-bond donors (Lipinski definition) is 1. The van der Waals surface area contributed by atoms with Gasteiger partial charge in [0, 0.05) is 5.56 Å². The van der Waals surface area contributed by atoms with E-state index in [1.54, 1.807) is 0 Å². The van der Waals surface area contributed by atoms with Crippen LogP contribution in [0.2, 0.25) is 0 Å². The fourth-order valence-electron chi connectivity index (χ4n) is 2.06. The molecule has 0 atom stereocenters. The van der Waals surface area contributed by atoms with Crippen LogP contribution in [-0.2, 0) is 11.2 Å². The third-order valence-corrected chi connectivity index (χ3v) is 3.10. The molecule has 1 heterocycles. The number of carbonyl (C=O) groups excluding carboxylic acids is 1. The second-order valence-electron chi connectivity index (χ2n) is 4.70. The average Bonchev–Trinajstić information content (AvgIpc) is 2.32. The first-order valence-corrected chi connectivity index (χ1v) is 5.75. The van der Waals surface area contributed by atoms with Gasteiger partial charge in [0.05, 0.1) is 32.0 Å². The molecule has 0 aromatic heterocycles. The van der Waals surface area contributed by atoms with Crippen LogP contribution in [0.25, 0.3) is 0 Å². The summed E-state index contributed by atoms with van der Waals surface area (Å²) in [5.74, 6) is -2.41. The van der Waals surface area contributed by atoms with Crippen LogP contribution < -0.4 is 0 Å². The molecule has 1 aromatic rings. The number of rotatable bonds is 3. The highest BCUT2D eigenvalue weighted by molar-refractivity contribution is 5.80. The van der Waals surface area contributed by atoms with E-state index < -0.39 is 23.1 Å². The van der Waals surface area contributed by atoms with E-state index in [0.29, 0.717) is 0 Å². The zero-order chi connectivity index (χ0) is 14.0. The molecule has 2 rings (SSSR count). The summed E-state index contributed by atoms with van der Waals surface area (Å²) in [4.78, 5) is 13.1. The number of β-amino-alcohol motifs (C(OH)–C–C–N with tert-alkyl or cyclic N) is 1. The van der Waals surface area contributed by atoms with Crippen LogP contribution >= 0.6 is 0 Å².